The Kier molecular flexibility index (Phi) is 5.62. The molecule has 1 aromatic heterocycles. The van der Waals surface area contributed by atoms with E-state index in [0.717, 1.165) is 0 Å². The molecule has 0 aromatic carbocycles. The van der Waals surface area contributed by atoms with Crippen LogP contribution in [0, 0.1) is 16.0 Å². The maximum absolute atomic E-state index is 10.6. The minimum Gasteiger partial charge on any atom is -0.364 e. The van der Waals surface area contributed by atoms with Crippen LogP contribution in [0.5, 0.6) is 0 Å². The van der Waals surface area contributed by atoms with E-state index < -0.39 is 4.92 Å². The van der Waals surface area contributed by atoms with Gasteiger partial charge in [0.25, 0.3) is 0 Å². The van der Waals surface area contributed by atoms with Crippen LogP contribution in [-0.4, -0.2) is 16.5 Å². The van der Waals surface area contributed by atoms with E-state index in [9.17, 15) is 10.1 Å². The number of pyridine rings is 1. The van der Waals surface area contributed by atoms with Crippen LogP contribution in [0.2, 0.25) is 0 Å². The van der Waals surface area contributed by atoms with E-state index in [4.69, 9.17) is 0 Å². The van der Waals surface area contributed by atoms with E-state index in [2.05, 4.69) is 10.3 Å². The van der Waals surface area contributed by atoms with Crippen molar-refractivity contribution in [2.75, 3.05) is 11.9 Å². The second kappa shape index (κ2) is 6.19. The first-order valence-electron chi connectivity index (χ1n) is 4.44. The molecule has 0 aliphatic rings. The molecule has 0 unspecified atom stereocenters. The van der Waals surface area contributed by atoms with Gasteiger partial charge in [0.1, 0.15) is 0 Å². The molecule has 0 saturated heterocycles. The highest BCUT2D eigenvalue weighted by Crippen LogP contribution is 2.20. The summed E-state index contributed by atoms with van der Waals surface area (Å²) < 4.78 is 0. The topological polar surface area (TPSA) is 68.1 Å². The molecular formula is C9H14ClN3O2. The summed E-state index contributed by atoms with van der Waals surface area (Å²) in [5, 5.41) is 13.5. The smallest absolute Gasteiger partial charge is 0.311 e. The molecule has 1 heterocycles. The molecule has 6 heteroatoms. The fourth-order valence-corrected chi connectivity index (χ4v) is 0.981. The van der Waals surface area contributed by atoms with Gasteiger partial charge < -0.3 is 5.32 Å². The first kappa shape index (κ1) is 13.6. The van der Waals surface area contributed by atoms with Gasteiger partial charge in [0.2, 0.25) is 5.82 Å². The second-order valence-corrected chi connectivity index (χ2v) is 3.40. The fraction of sp³-hybridized carbons (Fsp3) is 0.444. The van der Waals surface area contributed by atoms with Gasteiger partial charge in [-0.2, -0.15) is 0 Å². The fourth-order valence-electron chi connectivity index (χ4n) is 0.981. The molecule has 0 aliphatic heterocycles. The van der Waals surface area contributed by atoms with Crippen LogP contribution < -0.4 is 5.32 Å². The lowest BCUT2D eigenvalue weighted by Crippen LogP contribution is -2.10. The third-order valence-corrected chi connectivity index (χ3v) is 1.66. The van der Waals surface area contributed by atoms with Gasteiger partial charge in [-0.15, -0.1) is 12.4 Å². The van der Waals surface area contributed by atoms with Crippen LogP contribution in [0.1, 0.15) is 13.8 Å². The van der Waals surface area contributed by atoms with Crippen LogP contribution >= 0.6 is 12.4 Å². The van der Waals surface area contributed by atoms with E-state index >= 15 is 0 Å². The van der Waals surface area contributed by atoms with Gasteiger partial charge in [0.05, 0.1) is 4.92 Å². The molecule has 0 amide bonds. The normalized spacial score (nSPS) is 9.53. The van der Waals surface area contributed by atoms with Crippen molar-refractivity contribution in [2.45, 2.75) is 13.8 Å². The Labute approximate surface area is 94.5 Å². The highest BCUT2D eigenvalue weighted by molar-refractivity contribution is 5.85. The minimum absolute atomic E-state index is 0. The van der Waals surface area contributed by atoms with Crippen LogP contribution in [-0.2, 0) is 0 Å². The van der Waals surface area contributed by atoms with Gasteiger partial charge in [-0.25, -0.2) is 4.98 Å². The third kappa shape index (κ3) is 4.12. The van der Waals surface area contributed by atoms with Crippen molar-refractivity contribution in [2.24, 2.45) is 5.92 Å². The van der Waals surface area contributed by atoms with E-state index in [0.29, 0.717) is 18.3 Å². The molecule has 5 nitrogen and oxygen atoms in total. The molecule has 84 valence electrons. The molecule has 1 aromatic rings. The lowest BCUT2D eigenvalue weighted by molar-refractivity contribution is -0.384. The Morgan fingerprint density at radius 1 is 1.60 bits per heavy atom. The molecule has 15 heavy (non-hydrogen) atoms. The predicted molar refractivity (Wildman–Crippen MR) is 61.5 cm³/mol. The Bertz CT molecular complexity index is 331. The summed E-state index contributed by atoms with van der Waals surface area (Å²) >= 11 is 0. The monoisotopic (exact) mass is 231 g/mol. The lowest BCUT2D eigenvalue weighted by atomic mass is 10.2. The van der Waals surface area contributed by atoms with E-state index in [1.165, 1.54) is 12.3 Å². The summed E-state index contributed by atoms with van der Waals surface area (Å²) in [6, 6.07) is 2.99. The van der Waals surface area contributed by atoms with E-state index in [1.54, 1.807) is 6.07 Å². The number of nitrogens with zero attached hydrogens (tertiary/aromatic N) is 2. The Morgan fingerprint density at radius 2 is 2.27 bits per heavy atom. The van der Waals surface area contributed by atoms with E-state index in [-0.39, 0.29) is 18.1 Å². The zero-order chi connectivity index (χ0) is 10.6. The van der Waals surface area contributed by atoms with Crippen molar-refractivity contribution in [3.63, 3.8) is 0 Å². The number of rotatable bonds is 4. The maximum atomic E-state index is 10.6. The van der Waals surface area contributed by atoms with Crippen molar-refractivity contribution < 1.29 is 4.92 Å². The van der Waals surface area contributed by atoms with Crippen LogP contribution in [0.3, 0.4) is 0 Å². The highest BCUT2D eigenvalue weighted by atomic mass is 35.5. The minimum atomic E-state index is -0.435. The molecule has 0 radical (unpaired) electrons. The van der Waals surface area contributed by atoms with Crippen molar-refractivity contribution in [3.05, 3.63) is 28.4 Å². The molecule has 0 atom stereocenters. The zero-order valence-corrected chi connectivity index (χ0v) is 9.45. The van der Waals surface area contributed by atoms with Crippen LogP contribution in [0.15, 0.2) is 18.3 Å². The maximum Gasteiger partial charge on any atom is 0.311 e. The van der Waals surface area contributed by atoms with Gasteiger partial charge in [0, 0.05) is 18.8 Å². The molecular weight excluding hydrogens is 218 g/mol. The van der Waals surface area contributed by atoms with Crippen molar-refractivity contribution in [3.8, 4) is 0 Å². The Hall–Kier alpha value is -1.36. The quantitative estimate of drug-likeness (QED) is 0.639. The first-order valence-corrected chi connectivity index (χ1v) is 4.44. The number of nitrogens with one attached hydrogen (secondary N) is 1. The number of hydrogen-bond acceptors (Lipinski definition) is 4. The summed E-state index contributed by atoms with van der Waals surface area (Å²) in [4.78, 5) is 14.1. The molecule has 0 bridgehead atoms. The standard InChI is InChI=1S/C9H13N3O2.ClH/c1-7(2)6-11-9-8(12(13)14)4-3-5-10-9;/h3-5,7H,6H2,1-2H3,(H,10,11);1H. The predicted octanol–water partition coefficient (Wildman–Crippen LogP) is 2.48. The third-order valence-electron chi connectivity index (χ3n) is 1.66. The number of nitro groups is 1. The summed E-state index contributed by atoms with van der Waals surface area (Å²) in [7, 11) is 0. The lowest BCUT2D eigenvalue weighted by Gasteiger charge is -2.07. The summed E-state index contributed by atoms with van der Waals surface area (Å²) in [6.07, 6.45) is 1.54. The average molecular weight is 232 g/mol. The highest BCUT2D eigenvalue weighted by Gasteiger charge is 2.13. The number of halogens is 1. The van der Waals surface area contributed by atoms with Gasteiger partial charge in [0.15, 0.2) is 0 Å². The van der Waals surface area contributed by atoms with Crippen molar-refractivity contribution in [1.82, 2.24) is 4.98 Å². The summed E-state index contributed by atoms with van der Waals surface area (Å²) in [5.41, 5.74) is 0.0214. The van der Waals surface area contributed by atoms with Crippen molar-refractivity contribution >= 4 is 23.9 Å². The molecule has 0 saturated carbocycles. The zero-order valence-electron chi connectivity index (χ0n) is 8.64. The second-order valence-electron chi connectivity index (χ2n) is 3.40. The molecule has 0 aliphatic carbocycles. The average Bonchev–Trinajstić information content (AvgIpc) is 2.15. The molecule has 1 N–H and O–H groups in total. The van der Waals surface area contributed by atoms with Crippen LogP contribution in [0.25, 0.3) is 0 Å². The largest absolute Gasteiger partial charge is 0.364 e. The number of hydrogen-bond donors (Lipinski definition) is 1. The summed E-state index contributed by atoms with van der Waals surface area (Å²) in [6.45, 7) is 4.74. The number of anilines is 1. The molecule has 1 rings (SSSR count). The van der Waals surface area contributed by atoms with Gasteiger partial charge in [-0.1, -0.05) is 13.8 Å². The van der Waals surface area contributed by atoms with Gasteiger partial charge in [-0.05, 0) is 12.0 Å². The number of aromatic nitrogens is 1. The van der Waals surface area contributed by atoms with Crippen LogP contribution in [0.4, 0.5) is 11.5 Å². The Balaban J connectivity index is 0.00000196. The summed E-state index contributed by atoms with van der Waals surface area (Å²) in [5.74, 6) is 0.766. The first-order chi connectivity index (χ1) is 6.61. The molecule has 0 spiro atoms. The van der Waals surface area contributed by atoms with Gasteiger partial charge in [-0.3, -0.25) is 10.1 Å². The Morgan fingerprint density at radius 3 is 2.80 bits per heavy atom. The van der Waals surface area contributed by atoms with E-state index in [1.807, 2.05) is 13.8 Å². The van der Waals surface area contributed by atoms with Gasteiger partial charge >= 0.3 is 5.69 Å². The SMILES string of the molecule is CC(C)CNc1ncccc1[N+](=O)[O-].Cl. The molecule has 0 fully saturated rings. The van der Waals surface area contributed by atoms with Crippen molar-refractivity contribution in [1.29, 1.82) is 0 Å².